The Labute approximate surface area is 117 Å². The highest BCUT2D eigenvalue weighted by Gasteiger charge is 2.47. The van der Waals surface area contributed by atoms with Crippen LogP contribution in [0.1, 0.15) is 44.4 Å². The Morgan fingerprint density at radius 1 is 0.895 bits per heavy atom. The molecule has 3 rings (SSSR count). The standard InChI is InChI=1S/C18H23B/c1-12-10-13-8-7-9-14-16(13)15(11-12)18(4,5)19(6)17(14,2)3/h7-11H,1-6H3. The zero-order valence-corrected chi connectivity index (χ0v) is 13.0. The molecule has 0 nitrogen and oxygen atoms in total. The molecule has 0 saturated carbocycles. The van der Waals surface area contributed by atoms with E-state index in [9.17, 15) is 0 Å². The Balaban J connectivity index is 2.53. The molecule has 1 aliphatic rings. The van der Waals surface area contributed by atoms with E-state index in [0.717, 1.165) is 0 Å². The van der Waals surface area contributed by atoms with E-state index in [1.807, 2.05) is 0 Å². The molecular formula is C18H23B. The molecule has 0 atom stereocenters. The van der Waals surface area contributed by atoms with Gasteiger partial charge in [0.15, 0.2) is 6.71 Å². The maximum atomic E-state index is 2.41. The molecule has 0 unspecified atom stereocenters. The van der Waals surface area contributed by atoms with Crippen molar-refractivity contribution in [1.82, 2.24) is 0 Å². The van der Waals surface area contributed by atoms with Crippen LogP contribution >= 0.6 is 0 Å². The number of aryl methyl sites for hydroxylation is 1. The Morgan fingerprint density at radius 2 is 1.53 bits per heavy atom. The minimum atomic E-state index is 0.224. The van der Waals surface area contributed by atoms with Crippen LogP contribution in [-0.4, -0.2) is 6.71 Å². The summed E-state index contributed by atoms with van der Waals surface area (Å²) in [4.78, 5) is 0. The van der Waals surface area contributed by atoms with Crippen LogP contribution in [-0.2, 0) is 10.6 Å². The Kier molecular flexibility index (Phi) is 2.46. The molecule has 2 aromatic carbocycles. The summed E-state index contributed by atoms with van der Waals surface area (Å²) in [5.74, 6) is 0. The van der Waals surface area contributed by atoms with E-state index in [1.165, 1.54) is 27.5 Å². The van der Waals surface area contributed by atoms with Crippen molar-refractivity contribution in [2.75, 3.05) is 0 Å². The van der Waals surface area contributed by atoms with E-state index < -0.39 is 0 Å². The van der Waals surface area contributed by atoms with Crippen molar-refractivity contribution in [3.8, 4) is 0 Å². The smallest absolute Gasteiger partial charge is 0.0846 e. The molecule has 1 aliphatic heterocycles. The fraction of sp³-hybridized carbons (Fsp3) is 0.444. The van der Waals surface area contributed by atoms with Crippen molar-refractivity contribution in [2.45, 2.75) is 52.1 Å². The van der Waals surface area contributed by atoms with Crippen LogP contribution in [0.5, 0.6) is 0 Å². The first-order valence-corrected chi connectivity index (χ1v) is 7.30. The minimum absolute atomic E-state index is 0.224. The minimum Gasteiger partial charge on any atom is -0.0846 e. The summed E-state index contributed by atoms with van der Waals surface area (Å²) in [6.45, 7) is 14.9. The van der Waals surface area contributed by atoms with Gasteiger partial charge >= 0.3 is 0 Å². The summed E-state index contributed by atoms with van der Waals surface area (Å²) in [5, 5.41) is 3.36. The van der Waals surface area contributed by atoms with Gasteiger partial charge in [-0.05, 0) is 39.5 Å². The van der Waals surface area contributed by atoms with Gasteiger partial charge in [-0.25, -0.2) is 0 Å². The third-order valence-electron chi connectivity index (χ3n) is 5.67. The van der Waals surface area contributed by atoms with E-state index in [4.69, 9.17) is 0 Å². The van der Waals surface area contributed by atoms with Gasteiger partial charge < -0.3 is 0 Å². The monoisotopic (exact) mass is 250 g/mol. The van der Waals surface area contributed by atoms with Gasteiger partial charge in [0.25, 0.3) is 0 Å². The van der Waals surface area contributed by atoms with E-state index in [1.54, 1.807) is 0 Å². The van der Waals surface area contributed by atoms with Crippen molar-refractivity contribution in [2.24, 2.45) is 0 Å². The summed E-state index contributed by atoms with van der Waals surface area (Å²) >= 11 is 0. The molecule has 0 radical (unpaired) electrons. The number of hydrogen-bond acceptors (Lipinski definition) is 0. The Morgan fingerprint density at radius 3 is 2.21 bits per heavy atom. The third kappa shape index (κ3) is 1.54. The SMILES string of the molecule is CB1C(C)(C)c2cccc3cc(C)cc(c23)C1(C)C. The first-order valence-electron chi connectivity index (χ1n) is 7.30. The number of hydrogen-bond donors (Lipinski definition) is 0. The predicted molar refractivity (Wildman–Crippen MR) is 86.4 cm³/mol. The molecule has 0 fully saturated rings. The van der Waals surface area contributed by atoms with E-state index in [-0.39, 0.29) is 10.6 Å². The number of benzene rings is 2. The van der Waals surface area contributed by atoms with Gasteiger partial charge in [-0.2, -0.15) is 0 Å². The fourth-order valence-corrected chi connectivity index (χ4v) is 3.99. The maximum absolute atomic E-state index is 2.41. The lowest BCUT2D eigenvalue weighted by molar-refractivity contribution is 0.629. The average Bonchev–Trinajstić information content (AvgIpc) is 2.34. The van der Waals surface area contributed by atoms with Crippen molar-refractivity contribution in [3.63, 3.8) is 0 Å². The van der Waals surface area contributed by atoms with E-state index >= 15 is 0 Å². The quantitative estimate of drug-likeness (QED) is 0.582. The van der Waals surface area contributed by atoms with Gasteiger partial charge in [-0.3, -0.25) is 0 Å². The number of rotatable bonds is 0. The topological polar surface area (TPSA) is 0 Å². The zero-order chi connectivity index (χ0) is 14.0. The molecule has 0 aliphatic carbocycles. The van der Waals surface area contributed by atoms with E-state index in [0.29, 0.717) is 6.71 Å². The normalized spacial score (nSPS) is 19.8. The van der Waals surface area contributed by atoms with Gasteiger partial charge in [0.2, 0.25) is 0 Å². The van der Waals surface area contributed by atoms with Gasteiger partial charge in [0, 0.05) is 0 Å². The van der Waals surface area contributed by atoms with Gasteiger partial charge in [0.05, 0.1) is 0 Å². The summed E-state index contributed by atoms with van der Waals surface area (Å²) in [5.41, 5.74) is 4.43. The lowest BCUT2D eigenvalue weighted by atomic mass is 9.20. The summed E-state index contributed by atoms with van der Waals surface area (Å²) < 4.78 is 0. The molecule has 0 bridgehead atoms. The third-order valence-corrected chi connectivity index (χ3v) is 5.67. The second-order valence-corrected chi connectivity index (χ2v) is 7.38. The lowest BCUT2D eigenvalue weighted by Gasteiger charge is -2.47. The largest absolute Gasteiger partial charge is 0.159 e. The van der Waals surface area contributed by atoms with Crippen LogP contribution in [0.2, 0.25) is 6.82 Å². The maximum Gasteiger partial charge on any atom is 0.159 e. The first-order chi connectivity index (χ1) is 8.76. The second kappa shape index (κ2) is 3.65. The van der Waals surface area contributed by atoms with Crippen LogP contribution in [0, 0.1) is 6.92 Å². The Bertz CT molecular complexity index is 665. The molecule has 0 saturated heterocycles. The van der Waals surface area contributed by atoms with Gasteiger partial charge in [0.1, 0.15) is 0 Å². The van der Waals surface area contributed by atoms with Gasteiger partial charge in [-0.15, -0.1) is 0 Å². The van der Waals surface area contributed by atoms with Crippen molar-refractivity contribution in [1.29, 1.82) is 0 Å². The highest BCUT2D eigenvalue weighted by atomic mass is 14.3. The zero-order valence-electron chi connectivity index (χ0n) is 13.0. The van der Waals surface area contributed by atoms with Gasteiger partial charge in [-0.1, -0.05) is 70.4 Å². The summed E-state index contributed by atoms with van der Waals surface area (Å²) in [6, 6.07) is 11.5. The predicted octanol–water partition coefficient (Wildman–Crippen LogP) is 4.92. The van der Waals surface area contributed by atoms with Crippen LogP contribution in [0.25, 0.3) is 10.8 Å². The van der Waals surface area contributed by atoms with Crippen LogP contribution in [0.15, 0.2) is 30.3 Å². The molecule has 19 heavy (non-hydrogen) atoms. The molecule has 0 N–H and O–H groups in total. The average molecular weight is 250 g/mol. The molecule has 1 heteroatoms. The molecule has 2 aromatic rings. The van der Waals surface area contributed by atoms with Crippen molar-refractivity contribution in [3.05, 3.63) is 47.0 Å². The molecule has 0 aromatic heterocycles. The summed E-state index contributed by atoms with van der Waals surface area (Å²) in [7, 11) is 0. The van der Waals surface area contributed by atoms with Crippen molar-refractivity contribution >= 4 is 17.5 Å². The molecule has 98 valence electrons. The van der Waals surface area contributed by atoms with Crippen molar-refractivity contribution < 1.29 is 0 Å². The molecular weight excluding hydrogens is 227 g/mol. The molecule has 0 amide bonds. The molecule has 0 spiro atoms. The summed E-state index contributed by atoms with van der Waals surface area (Å²) in [6.07, 6.45) is 0. The highest BCUT2D eigenvalue weighted by Crippen LogP contribution is 2.48. The van der Waals surface area contributed by atoms with Crippen LogP contribution in [0.3, 0.4) is 0 Å². The van der Waals surface area contributed by atoms with Crippen LogP contribution < -0.4 is 0 Å². The van der Waals surface area contributed by atoms with Crippen LogP contribution in [0.4, 0.5) is 0 Å². The Hall–Kier alpha value is -1.24. The lowest BCUT2D eigenvalue weighted by Crippen LogP contribution is -2.52. The second-order valence-electron chi connectivity index (χ2n) is 7.38. The fourth-order valence-electron chi connectivity index (χ4n) is 3.99. The highest BCUT2D eigenvalue weighted by molar-refractivity contribution is 6.65. The first kappa shape index (κ1) is 12.8. The molecule has 1 heterocycles. The van der Waals surface area contributed by atoms with E-state index in [2.05, 4.69) is 71.8 Å².